The third-order valence-corrected chi connectivity index (χ3v) is 3.13. The first-order valence-electron chi connectivity index (χ1n) is 7.82. The molecule has 0 saturated heterocycles. The molecule has 0 aliphatic heterocycles. The van der Waals surface area contributed by atoms with Crippen LogP contribution in [0.2, 0.25) is 0 Å². The minimum absolute atomic E-state index is 0.339. The fourth-order valence-corrected chi connectivity index (χ4v) is 1.66. The van der Waals surface area contributed by atoms with Gasteiger partial charge < -0.3 is 30.6 Å². The summed E-state index contributed by atoms with van der Waals surface area (Å²) < 4.78 is 0. The Hall–Kier alpha value is -1.06. The second-order valence-corrected chi connectivity index (χ2v) is 5.22. The lowest BCUT2D eigenvalue weighted by Gasteiger charge is -2.19. The largest absolute Gasteiger partial charge is 0.481 e. The SMILES string of the molecule is CCCCCCCCC(=O)O.O=C(CO)[C@@H](O)[C@H](O)[C@H](O)CO. The fraction of sp³-hybridized carbons (Fsp3) is 0.867. The fourth-order valence-electron chi connectivity index (χ4n) is 1.66. The van der Waals surface area contributed by atoms with Gasteiger partial charge in [-0.15, -0.1) is 0 Å². The smallest absolute Gasteiger partial charge is 0.303 e. The lowest BCUT2D eigenvalue weighted by Crippen LogP contribution is -2.44. The van der Waals surface area contributed by atoms with Crippen LogP contribution in [-0.4, -0.2) is 73.9 Å². The molecule has 0 amide bonds. The summed E-state index contributed by atoms with van der Waals surface area (Å²) in [6.45, 7) is 0.491. The van der Waals surface area contributed by atoms with Crippen molar-refractivity contribution in [1.29, 1.82) is 0 Å². The van der Waals surface area contributed by atoms with Crippen LogP contribution in [0.5, 0.6) is 0 Å². The van der Waals surface area contributed by atoms with Crippen LogP contribution in [0.25, 0.3) is 0 Å². The van der Waals surface area contributed by atoms with Gasteiger partial charge in [0, 0.05) is 6.42 Å². The lowest BCUT2D eigenvalue weighted by atomic mass is 10.1. The highest BCUT2D eigenvalue weighted by molar-refractivity contribution is 5.84. The number of aliphatic hydroxyl groups excluding tert-OH is 5. The van der Waals surface area contributed by atoms with Gasteiger partial charge in [0.05, 0.1) is 6.61 Å². The molecule has 3 atom stereocenters. The number of ketones is 1. The number of carboxylic acid groups (broad SMARTS) is 1. The number of carboxylic acids is 1. The normalized spacial score (nSPS) is 14.3. The lowest BCUT2D eigenvalue weighted by molar-refractivity contribution is -0.142. The molecule has 0 aliphatic rings. The molecule has 0 fully saturated rings. The number of hydrogen-bond donors (Lipinski definition) is 6. The number of Topliss-reactive ketones (excluding diaryl/α,β-unsaturated/α-hetero) is 1. The predicted molar refractivity (Wildman–Crippen MR) is 82.8 cm³/mol. The van der Waals surface area contributed by atoms with Crippen LogP contribution >= 0.6 is 0 Å². The molecule has 0 unspecified atom stereocenters. The van der Waals surface area contributed by atoms with Crippen molar-refractivity contribution in [3.05, 3.63) is 0 Å². The molecule has 23 heavy (non-hydrogen) atoms. The molecular weight excluding hydrogens is 308 g/mol. The van der Waals surface area contributed by atoms with Gasteiger partial charge in [-0.1, -0.05) is 39.0 Å². The van der Waals surface area contributed by atoms with Crippen LogP contribution in [0.3, 0.4) is 0 Å². The molecular formula is C15H30O8. The van der Waals surface area contributed by atoms with Gasteiger partial charge in [0.1, 0.15) is 24.9 Å². The Labute approximate surface area is 136 Å². The van der Waals surface area contributed by atoms with Crippen molar-refractivity contribution in [1.82, 2.24) is 0 Å². The summed E-state index contributed by atoms with van der Waals surface area (Å²) in [4.78, 5) is 20.6. The van der Waals surface area contributed by atoms with Crippen molar-refractivity contribution in [2.75, 3.05) is 13.2 Å². The van der Waals surface area contributed by atoms with Gasteiger partial charge in [-0.2, -0.15) is 0 Å². The number of aliphatic hydroxyl groups is 5. The molecule has 0 aliphatic carbocycles. The third kappa shape index (κ3) is 14.3. The second kappa shape index (κ2) is 15.8. The number of rotatable bonds is 12. The zero-order valence-corrected chi connectivity index (χ0v) is 13.6. The van der Waals surface area contributed by atoms with Gasteiger partial charge in [0.25, 0.3) is 0 Å². The Balaban J connectivity index is 0. The number of unbranched alkanes of at least 4 members (excludes halogenated alkanes) is 5. The Morgan fingerprint density at radius 3 is 1.87 bits per heavy atom. The molecule has 0 aromatic heterocycles. The highest BCUT2D eigenvalue weighted by Gasteiger charge is 2.28. The number of carbonyl (C=O) groups excluding carboxylic acids is 1. The van der Waals surface area contributed by atoms with Crippen LogP contribution in [-0.2, 0) is 9.59 Å². The monoisotopic (exact) mass is 338 g/mol. The minimum Gasteiger partial charge on any atom is -0.481 e. The van der Waals surface area contributed by atoms with Crippen LogP contribution < -0.4 is 0 Å². The summed E-state index contributed by atoms with van der Waals surface area (Å²) in [5.74, 6) is -1.67. The topological polar surface area (TPSA) is 156 Å². The molecule has 0 rings (SSSR count). The Bertz CT molecular complexity index is 308. The van der Waals surface area contributed by atoms with Crippen LogP contribution in [0, 0.1) is 0 Å². The van der Waals surface area contributed by atoms with Crippen molar-refractivity contribution >= 4 is 11.8 Å². The van der Waals surface area contributed by atoms with E-state index in [2.05, 4.69) is 6.92 Å². The first-order chi connectivity index (χ1) is 10.8. The quantitative estimate of drug-likeness (QED) is 0.259. The zero-order chi connectivity index (χ0) is 18.3. The summed E-state index contributed by atoms with van der Waals surface area (Å²) in [5.41, 5.74) is 0. The number of aliphatic carboxylic acids is 1. The van der Waals surface area contributed by atoms with Crippen molar-refractivity contribution in [2.24, 2.45) is 0 Å². The standard InChI is InChI=1S/C9H18O2.C6H12O6/c1-2-3-4-5-6-7-8-9(10)11;7-1-3(9)5(11)6(12)4(10)2-8/h2-8H2,1H3,(H,10,11);3,5-9,11-12H,1-2H2/t;3-,5-,6-/m.1/s1. The Morgan fingerprint density at radius 2 is 1.43 bits per heavy atom. The highest BCUT2D eigenvalue weighted by atomic mass is 16.4. The van der Waals surface area contributed by atoms with E-state index >= 15 is 0 Å². The summed E-state index contributed by atoms with van der Waals surface area (Å²) >= 11 is 0. The van der Waals surface area contributed by atoms with E-state index in [9.17, 15) is 9.59 Å². The van der Waals surface area contributed by atoms with Gasteiger partial charge in [-0.25, -0.2) is 0 Å². The molecule has 0 radical (unpaired) electrons. The average molecular weight is 338 g/mol. The van der Waals surface area contributed by atoms with E-state index in [1.807, 2.05) is 0 Å². The highest BCUT2D eigenvalue weighted by Crippen LogP contribution is 2.06. The first kappa shape index (κ1) is 24.2. The van der Waals surface area contributed by atoms with Crippen molar-refractivity contribution in [3.8, 4) is 0 Å². The predicted octanol–water partition coefficient (Wildman–Crippen LogP) is -0.556. The van der Waals surface area contributed by atoms with Gasteiger partial charge in [-0.3, -0.25) is 9.59 Å². The van der Waals surface area contributed by atoms with Gasteiger partial charge >= 0.3 is 5.97 Å². The molecule has 6 N–H and O–H groups in total. The maximum atomic E-state index is 10.5. The first-order valence-corrected chi connectivity index (χ1v) is 7.82. The molecule has 0 bridgehead atoms. The Kier molecular flexibility index (Phi) is 16.6. The van der Waals surface area contributed by atoms with Gasteiger partial charge in [0.15, 0.2) is 5.78 Å². The Morgan fingerprint density at radius 1 is 0.913 bits per heavy atom. The molecule has 8 heteroatoms. The van der Waals surface area contributed by atoms with E-state index in [0.717, 1.165) is 12.8 Å². The maximum absolute atomic E-state index is 10.5. The van der Waals surface area contributed by atoms with Gasteiger partial charge in [-0.05, 0) is 6.42 Å². The molecule has 138 valence electrons. The number of hydrogen-bond acceptors (Lipinski definition) is 7. The zero-order valence-electron chi connectivity index (χ0n) is 13.6. The van der Waals surface area contributed by atoms with E-state index in [1.165, 1.54) is 25.7 Å². The van der Waals surface area contributed by atoms with Crippen molar-refractivity contribution in [3.63, 3.8) is 0 Å². The van der Waals surface area contributed by atoms with E-state index in [4.69, 9.17) is 30.6 Å². The molecule has 0 heterocycles. The summed E-state index contributed by atoms with van der Waals surface area (Å²) in [6, 6.07) is 0. The van der Waals surface area contributed by atoms with Crippen molar-refractivity contribution in [2.45, 2.75) is 70.2 Å². The maximum Gasteiger partial charge on any atom is 0.303 e. The van der Waals surface area contributed by atoms with Crippen LogP contribution in [0.15, 0.2) is 0 Å². The molecule has 0 aromatic carbocycles. The third-order valence-electron chi connectivity index (χ3n) is 3.13. The molecule has 0 saturated carbocycles. The molecule has 8 nitrogen and oxygen atoms in total. The van der Waals surface area contributed by atoms with E-state index in [-0.39, 0.29) is 0 Å². The van der Waals surface area contributed by atoms with E-state index in [0.29, 0.717) is 6.42 Å². The minimum atomic E-state index is -1.86. The van der Waals surface area contributed by atoms with Gasteiger partial charge in [0.2, 0.25) is 0 Å². The average Bonchev–Trinajstić information content (AvgIpc) is 2.55. The second-order valence-electron chi connectivity index (χ2n) is 5.22. The van der Waals surface area contributed by atoms with Crippen LogP contribution in [0.1, 0.15) is 51.9 Å². The summed E-state index contributed by atoms with van der Waals surface area (Å²) in [7, 11) is 0. The van der Waals surface area contributed by atoms with E-state index < -0.39 is 43.3 Å². The number of carbonyl (C=O) groups is 2. The summed E-state index contributed by atoms with van der Waals surface area (Å²) in [6.07, 6.45) is 2.03. The molecule has 0 aromatic rings. The van der Waals surface area contributed by atoms with Crippen molar-refractivity contribution < 1.29 is 40.2 Å². The van der Waals surface area contributed by atoms with Crippen LogP contribution in [0.4, 0.5) is 0 Å². The molecule has 0 spiro atoms. The summed E-state index contributed by atoms with van der Waals surface area (Å²) in [5, 5.41) is 51.4. The van der Waals surface area contributed by atoms with E-state index in [1.54, 1.807) is 0 Å².